The number of nitrogens with one attached hydrogen (secondary N) is 3. The van der Waals surface area contributed by atoms with E-state index in [4.69, 9.17) is 0 Å². The van der Waals surface area contributed by atoms with E-state index in [-0.39, 0.29) is 35.9 Å². The number of hydrogen-bond donors (Lipinski definition) is 3. The van der Waals surface area contributed by atoms with Crippen LogP contribution in [0.5, 0.6) is 0 Å². The Morgan fingerprint density at radius 1 is 1.41 bits per heavy atom. The number of guanidine groups is 1. The molecule has 5 nitrogen and oxygen atoms in total. The molecule has 0 spiro atoms. The summed E-state index contributed by atoms with van der Waals surface area (Å²) in [6.07, 6.45) is 2.91. The lowest BCUT2D eigenvalue weighted by molar-refractivity contribution is -0.121. The Balaban J connectivity index is 0.00000256. The summed E-state index contributed by atoms with van der Waals surface area (Å²) < 4.78 is 0. The lowest BCUT2D eigenvalue weighted by Gasteiger charge is -2.12. The maximum Gasteiger partial charge on any atom is 0.221 e. The Kier molecular flexibility index (Phi) is 8.28. The van der Waals surface area contributed by atoms with Crippen molar-refractivity contribution in [2.45, 2.75) is 45.2 Å². The quantitative estimate of drug-likeness (QED) is 0.390. The first-order valence-electron chi connectivity index (χ1n) is 5.88. The number of amides is 1. The van der Waals surface area contributed by atoms with Crippen molar-refractivity contribution in [3.8, 4) is 0 Å². The second-order valence-electron chi connectivity index (χ2n) is 4.39. The largest absolute Gasteiger partial charge is 0.356 e. The fourth-order valence-corrected chi connectivity index (χ4v) is 1.30. The summed E-state index contributed by atoms with van der Waals surface area (Å²) in [5.41, 5.74) is 0. The molecule has 0 bridgehead atoms. The molecule has 100 valence electrons. The number of nitrogens with zero attached hydrogens (tertiary/aromatic N) is 1. The van der Waals surface area contributed by atoms with Crippen LogP contribution < -0.4 is 16.0 Å². The van der Waals surface area contributed by atoms with Gasteiger partial charge in [0.1, 0.15) is 0 Å². The Morgan fingerprint density at radius 2 is 2.06 bits per heavy atom. The number of rotatable bonds is 5. The van der Waals surface area contributed by atoms with Crippen LogP contribution in [-0.4, -0.2) is 37.5 Å². The Bertz CT molecular complexity index is 264. The van der Waals surface area contributed by atoms with Crippen LogP contribution in [0.3, 0.4) is 0 Å². The highest BCUT2D eigenvalue weighted by molar-refractivity contribution is 14.0. The van der Waals surface area contributed by atoms with Crippen molar-refractivity contribution in [2.24, 2.45) is 4.99 Å². The van der Waals surface area contributed by atoms with Gasteiger partial charge in [-0.25, -0.2) is 0 Å². The minimum atomic E-state index is 0. The number of carbonyl (C=O) groups excluding carboxylic acids is 1. The summed E-state index contributed by atoms with van der Waals surface area (Å²) in [5.74, 6) is 0.865. The van der Waals surface area contributed by atoms with E-state index in [2.05, 4.69) is 20.9 Å². The maximum absolute atomic E-state index is 11.3. The van der Waals surface area contributed by atoms with Crippen LogP contribution >= 0.6 is 24.0 Å². The highest BCUT2D eigenvalue weighted by Gasteiger charge is 2.21. The van der Waals surface area contributed by atoms with E-state index >= 15 is 0 Å². The monoisotopic (exact) mass is 354 g/mol. The molecule has 1 aliphatic carbocycles. The fourth-order valence-electron chi connectivity index (χ4n) is 1.30. The zero-order valence-corrected chi connectivity index (χ0v) is 13.1. The molecule has 6 heteroatoms. The van der Waals surface area contributed by atoms with Gasteiger partial charge >= 0.3 is 0 Å². The van der Waals surface area contributed by atoms with Crippen LogP contribution in [0.25, 0.3) is 0 Å². The second kappa shape index (κ2) is 8.54. The first kappa shape index (κ1) is 16.5. The van der Waals surface area contributed by atoms with E-state index < -0.39 is 0 Å². The molecule has 17 heavy (non-hydrogen) atoms. The molecule has 1 amide bonds. The molecule has 0 radical (unpaired) electrons. The Hall–Kier alpha value is -0.530. The van der Waals surface area contributed by atoms with Gasteiger partial charge in [-0.1, -0.05) is 0 Å². The highest BCUT2D eigenvalue weighted by atomic mass is 127. The van der Waals surface area contributed by atoms with Crippen molar-refractivity contribution in [3.63, 3.8) is 0 Å². The fraction of sp³-hybridized carbons (Fsp3) is 0.818. The molecule has 1 aliphatic rings. The lowest BCUT2D eigenvalue weighted by atomic mass is 10.3. The molecule has 0 aromatic rings. The maximum atomic E-state index is 11.3. The van der Waals surface area contributed by atoms with Crippen molar-refractivity contribution in [3.05, 3.63) is 0 Å². The van der Waals surface area contributed by atoms with E-state index in [1.54, 1.807) is 7.05 Å². The summed E-state index contributed by atoms with van der Waals surface area (Å²) >= 11 is 0. The Morgan fingerprint density at radius 3 is 2.53 bits per heavy atom. The van der Waals surface area contributed by atoms with Crippen molar-refractivity contribution in [1.29, 1.82) is 0 Å². The van der Waals surface area contributed by atoms with Gasteiger partial charge in [-0.15, -0.1) is 24.0 Å². The second-order valence-corrected chi connectivity index (χ2v) is 4.39. The molecule has 0 aromatic carbocycles. The molecule has 0 aliphatic heterocycles. The standard InChI is InChI=1S/C11H22N4O.HI/c1-8(2)14-10(16)6-7-13-11(12-3)15-9-4-5-9;/h8-9H,4-7H2,1-3H3,(H,14,16)(H2,12,13,15);1H. The minimum Gasteiger partial charge on any atom is -0.356 e. The SMILES string of the molecule is CN=C(NCCC(=O)NC(C)C)NC1CC1.I. The van der Waals surface area contributed by atoms with Gasteiger partial charge in [-0.2, -0.15) is 0 Å². The van der Waals surface area contributed by atoms with E-state index in [9.17, 15) is 4.79 Å². The van der Waals surface area contributed by atoms with Crippen LogP contribution in [0.15, 0.2) is 4.99 Å². The van der Waals surface area contributed by atoms with Gasteiger partial charge in [-0.05, 0) is 26.7 Å². The highest BCUT2D eigenvalue weighted by Crippen LogP contribution is 2.18. The molecule has 1 rings (SSSR count). The third-order valence-electron chi connectivity index (χ3n) is 2.24. The summed E-state index contributed by atoms with van der Waals surface area (Å²) in [6.45, 7) is 4.53. The molecular weight excluding hydrogens is 331 g/mol. The van der Waals surface area contributed by atoms with E-state index in [0.29, 0.717) is 19.0 Å². The van der Waals surface area contributed by atoms with Crippen molar-refractivity contribution >= 4 is 35.8 Å². The van der Waals surface area contributed by atoms with E-state index in [0.717, 1.165) is 5.96 Å². The zero-order chi connectivity index (χ0) is 12.0. The van der Waals surface area contributed by atoms with Gasteiger partial charge in [0.2, 0.25) is 5.91 Å². The third-order valence-corrected chi connectivity index (χ3v) is 2.24. The van der Waals surface area contributed by atoms with Gasteiger partial charge in [-0.3, -0.25) is 9.79 Å². The molecule has 0 saturated heterocycles. The summed E-state index contributed by atoms with van der Waals surface area (Å²) in [5, 5.41) is 9.23. The average Bonchev–Trinajstić information content (AvgIpc) is 2.99. The lowest BCUT2D eigenvalue weighted by Crippen LogP contribution is -2.40. The molecule has 1 fully saturated rings. The first-order chi connectivity index (χ1) is 7.61. The molecular formula is C11H23IN4O. The third kappa shape index (κ3) is 8.23. The normalized spacial score (nSPS) is 15.2. The Labute approximate surface area is 120 Å². The van der Waals surface area contributed by atoms with Crippen molar-refractivity contribution < 1.29 is 4.79 Å². The molecule has 0 aromatic heterocycles. The van der Waals surface area contributed by atoms with Crippen LogP contribution in [0.1, 0.15) is 33.1 Å². The number of carbonyl (C=O) groups is 1. The van der Waals surface area contributed by atoms with Crippen LogP contribution in [0, 0.1) is 0 Å². The minimum absolute atomic E-state index is 0. The topological polar surface area (TPSA) is 65.5 Å². The van der Waals surface area contributed by atoms with Gasteiger partial charge in [0.25, 0.3) is 0 Å². The summed E-state index contributed by atoms with van der Waals surface area (Å²) in [7, 11) is 1.74. The van der Waals surface area contributed by atoms with Gasteiger partial charge in [0, 0.05) is 32.1 Å². The van der Waals surface area contributed by atoms with Crippen molar-refractivity contribution in [1.82, 2.24) is 16.0 Å². The molecule has 0 unspecified atom stereocenters. The summed E-state index contributed by atoms with van der Waals surface area (Å²) in [4.78, 5) is 15.4. The van der Waals surface area contributed by atoms with Crippen LogP contribution in [-0.2, 0) is 4.79 Å². The van der Waals surface area contributed by atoms with Gasteiger partial charge in [0.05, 0.1) is 0 Å². The van der Waals surface area contributed by atoms with Gasteiger partial charge < -0.3 is 16.0 Å². The van der Waals surface area contributed by atoms with E-state index in [1.807, 2.05) is 13.8 Å². The molecule has 1 saturated carbocycles. The van der Waals surface area contributed by atoms with Crippen LogP contribution in [0.2, 0.25) is 0 Å². The average molecular weight is 354 g/mol. The predicted molar refractivity (Wildman–Crippen MR) is 80.8 cm³/mol. The van der Waals surface area contributed by atoms with Crippen LogP contribution in [0.4, 0.5) is 0 Å². The van der Waals surface area contributed by atoms with E-state index in [1.165, 1.54) is 12.8 Å². The molecule has 0 atom stereocenters. The smallest absolute Gasteiger partial charge is 0.221 e. The number of hydrogen-bond acceptors (Lipinski definition) is 2. The molecule has 3 N–H and O–H groups in total. The first-order valence-corrected chi connectivity index (χ1v) is 5.88. The van der Waals surface area contributed by atoms with Crippen molar-refractivity contribution in [2.75, 3.05) is 13.6 Å². The number of aliphatic imine (C=N–C) groups is 1. The predicted octanol–water partition coefficient (Wildman–Crippen LogP) is 0.846. The summed E-state index contributed by atoms with van der Waals surface area (Å²) in [6, 6.07) is 0.784. The number of halogens is 1. The zero-order valence-electron chi connectivity index (χ0n) is 10.7. The van der Waals surface area contributed by atoms with Gasteiger partial charge in [0.15, 0.2) is 5.96 Å². The molecule has 0 heterocycles.